The fourth-order valence-electron chi connectivity index (χ4n) is 4.32. The van der Waals surface area contributed by atoms with Crippen LogP contribution in [0.2, 0.25) is 0 Å². The first-order valence-electron chi connectivity index (χ1n) is 10.5. The lowest BCUT2D eigenvalue weighted by molar-refractivity contribution is -0.133. The summed E-state index contributed by atoms with van der Waals surface area (Å²) in [5.74, 6) is -0.989. The van der Waals surface area contributed by atoms with Gasteiger partial charge in [0.25, 0.3) is 0 Å². The maximum atomic E-state index is 13.1. The molecule has 0 aromatic heterocycles. The van der Waals surface area contributed by atoms with Crippen LogP contribution >= 0.6 is 0 Å². The van der Waals surface area contributed by atoms with E-state index < -0.39 is 18.1 Å². The largest absolute Gasteiger partial charge is 0.388 e. The molecule has 1 fully saturated rings. The van der Waals surface area contributed by atoms with Crippen molar-refractivity contribution in [3.05, 3.63) is 96.1 Å². The number of Topliss-reactive ketones (excluding diaryl/α,β-unsaturated/α-hetero) is 1. The first-order valence-corrected chi connectivity index (χ1v) is 10.5. The summed E-state index contributed by atoms with van der Waals surface area (Å²) in [6.45, 7) is 0. The molecule has 0 aliphatic heterocycles. The van der Waals surface area contributed by atoms with Crippen LogP contribution in [0.4, 0.5) is 0 Å². The Labute approximate surface area is 175 Å². The van der Waals surface area contributed by atoms with Gasteiger partial charge in [0.05, 0.1) is 18.1 Å². The van der Waals surface area contributed by atoms with Gasteiger partial charge in [-0.1, -0.05) is 72.8 Å². The Morgan fingerprint density at radius 1 is 0.667 bits per heavy atom. The lowest BCUT2D eigenvalue weighted by atomic mass is 9.82. The molecule has 0 saturated heterocycles. The second kappa shape index (κ2) is 7.67. The smallest absolute Gasteiger partial charge is 0.144 e. The molecule has 0 heterocycles. The molecule has 4 aromatic carbocycles. The van der Waals surface area contributed by atoms with Crippen LogP contribution in [-0.2, 0) is 4.79 Å². The van der Waals surface area contributed by atoms with E-state index in [0.717, 1.165) is 34.4 Å². The standard InChI is InChI=1S/C27H24O3/c28-25(19-11-12-19)24(26(29)22-13-9-17-5-1-3-7-20(17)15-22)27(30)23-14-10-18-6-2-4-8-21(18)16-23/h1-10,13-16,19,24,26-27,29-30H,11-12H2/t26-,27-/m0/s1. The Morgan fingerprint density at radius 2 is 1.10 bits per heavy atom. The summed E-state index contributed by atoms with van der Waals surface area (Å²) in [5, 5.41) is 26.7. The third-order valence-corrected chi connectivity index (χ3v) is 6.22. The highest BCUT2D eigenvalue weighted by Crippen LogP contribution is 2.42. The Kier molecular flexibility index (Phi) is 4.86. The number of fused-ring (bicyclic) bond motifs is 2. The van der Waals surface area contributed by atoms with E-state index in [0.29, 0.717) is 11.1 Å². The normalized spacial score (nSPS) is 16.1. The molecule has 4 aromatic rings. The van der Waals surface area contributed by atoms with Crippen molar-refractivity contribution in [2.45, 2.75) is 25.0 Å². The number of benzene rings is 4. The van der Waals surface area contributed by atoms with Crippen LogP contribution in [-0.4, -0.2) is 16.0 Å². The first kappa shape index (κ1) is 19.0. The monoisotopic (exact) mass is 396 g/mol. The van der Waals surface area contributed by atoms with Crippen LogP contribution in [0, 0.1) is 11.8 Å². The van der Waals surface area contributed by atoms with Gasteiger partial charge in [0, 0.05) is 5.92 Å². The van der Waals surface area contributed by atoms with Crippen molar-refractivity contribution in [1.82, 2.24) is 0 Å². The summed E-state index contributed by atoms with van der Waals surface area (Å²) in [5.41, 5.74) is 1.32. The number of aliphatic hydroxyl groups is 2. The van der Waals surface area contributed by atoms with Gasteiger partial charge >= 0.3 is 0 Å². The van der Waals surface area contributed by atoms with Gasteiger partial charge in [0.1, 0.15) is 5.78 Å². The third-order valence-electron chi connectivity index (χ3n) is 6.22. The Bertz CT molecular complexity index is 1140. The van der Waals surface area contributed by atoms with Crippen LogP contribution in [0.5, 0.6) is 0 Å². The third kappa shape index (κ3) is 3.51. The summed E-state index contributed by atoms with van der Waals surface area (Å²) < 4.78 is 0. The zero-order chi connectivity index (χ0) is 20.7. The Hall–Kier alpha value is -3.01. The minimum Gasteiger partial charge on any atom is -0.388 e. The average Bonchev–Trinajstić information content (AvgIpc) is 3.64. The van der Waals surface area contributed by atoms with Crippen molar-refractivity contribution >= 4 is 27.3 Å². The molecule has 0 spiro atoms. The second-order valence-corrected chi connectivity index (χ2v) is 8.31. The van der Waals surface area contributed by atoms with E-state index in [2.05, 4.69) is 0 Å². The van der Waals surface area contributed by atoms with E-state index in [-0.39, 0.29) is 11.7 Å². The van der Waals surface area contributed by atoms with Gasteiger partial charge in [-0.15, -0.1) is 0 Å². The molecule has 150 valence electrons. The predicted molar refractivity (Wildman–Crippen MR) is 119 cm³/mol. The SMILES string of the molecule is O=C(C1CC1)C([C@@H](O)c1ccc2ccccc2c1)[C@@H](O)c1ccc2ccccc2c1. The van der Waals surface area contributed by atoms with Gasteiger partial charge in [-0.05, 0) is 57.6 Å². The summed E-state index contributed by atoms with van der Waals surface area (Å²) in [7, 11) is 0. The number of carbonyl (C=O) groups excluding carboxylic acids is 1. The number of ketones is 1. The lowest BCUT2D eigenvalue weighted by Crippen LogP contribution is -2.30. The van der Waals surface area contributed by atoms with Gasteiger partial charge in [-0.3, -0.25) is 4.79 Å². The van der Waals surface area contributed by atoms with E-state index in [9.17, 15) is 15.0 Å². The van der Waals surface area contributed by atoms with Gasteiger partial charge in [-0.2, -0.15) is 0 Å². The zero-order valence-electron chi connectivity index (χ0n) is 16.6. The molecule has 2 N–H and O–H groups in total. The molecule has 0 radical (unpaired) electrons. The molecule has 0 amide bonds. The van der Waals surface area contributed by atoms with Crippen LogP contribution in [0.25, 0.3) is 21.5 Å². The van der Waals surface area contributed by atoms with Gasteiger partial charge in [0.2, 0.25) is 0 Å². The number of hydrogen-bond donors (Lipinski definition) is 2. The van der Waals surface area contributed by atoms with E-state index in [4.69, 9.17) is 0 Å². The number of aliphatic hydroxyl groups excluding tert-OH is 2. The van der Waals surface area contributed by atoms with E-state index >= 15 is 0 Å². The second-order valence-electron chi connectivity index (χ2n) is 8.31. The maximum absolute atomic E-state index is 13.1. The average molecular weight is 396 g/mol. The molecule has 3 nitrogen and oxygen atoms in total. The summed E-state index contributed by atoms with van der Waals surface area (Å²) in [6, 6.07) is 27.3. The molecule has 1 saturated carbocycles. The Balaban J connectivity index is 1.53. The quantitative estimate of drug-likeness (QED) is 0.462. The van der Waals surface area contributed by atoms with Crippen molar-refractivity contribution in [3.63, 3.8) is 0 Å². The predicted octanol–water partition coefficient (Wildman–Crippen LogP) is 5.36. The highest BCUT2D eigenvalue weighted by atomic mass is 16.3. The van der Waals surface area contributed by atoms with E-state index in [1.54, 1.807) is 0 Å². The van der Waals surface area contributed by atoms with Crippen molar-refractivity contribution in [1.29, 1.82) is 0 Å². The highest BCUT2D eigenvalue weighted by Gasteiger charge is 2.42. The van der Waals surface area contributed by atoms with Gasteiger partial charge < -0.3 is 10.2 Å². The van der Waals surface area contributed by atoms with Crippen LogP contribution in [0.3, 0.4) is 0 Å². The van der Waals surface area contributed by atoms with Crippen LogP contribution in [0.1, 0.15) is 36.2 Å². The van der Waals surface area contributed by atoms with Crippen molar-refractivity contribution in [2.75, 3.05) is 0 Å². The highest BCUT2D eigenvalue weighted by molar-refractivity contribution is 5.88. The summed E-state index contributed by atoms with van der Waals surface area (Å²) in [6.07, 6.45) is -0.456. The molecular formula is C27H24O3. The maximum Gasteiger partial charge on any atom is 0.144 e. The molecule has 2 atom stereocenters. The minimum atomic E-state index is -1.07. The number of carbonyl (C=O) groups is 1. The Morgan fingerprint density at radius 3 is 1.53 bits per heavy atom. The van der Waals surface area contributed by atoms with Gasteiger partial charge in [0.15, 0.2) is 0 Å². The number of hydrogen-bond acceptors (Lipinski definition) is 3. The minimum absolute atomic E-state index is 0.0451. The lowest BCUT2D eigenvalue weighted by Gasteiger charge is -2.27. The summed E-state index contributed by atoms with van der Waals surface area (Å²) >= 11 is 0. The molecule has 0 unspecified atom stereocenters. The van der Waals surface area contributed by atoms with E-state index in [1.807, 2.05) is 84.9 Å². The first-order chi connectivity index (χ1) is 14.6. The molecule has 0 bridgehead atoms. The molecule has 1 aliphatic rings. The summed E-state index contributed by atoms with van der Waals surface area (Å²) in [4.78, 5) is 13.1. The van der Waals surface area contributed by atoms with Crippen LogP contribution in [0.15, 0.2) is 84.9 Å². The fourth-order valence-corrected chi connectivity index (χ4v) is 4.32. The van der Waals surface area contributed by atoms with Crippen molar-refractivity contribution in [3.8, 4) is 0 Å². The molecule has 30 heavy (non-hydrogen) atoms. The van der Waals surface area contributed by atoms with E-state index in [1.165, 1.54) is 0 Å². The molecule has 5 rings (SSSR count). The zero-order valence-corrected chi connectivity index (χ0v) is 16.6. The molecule has 3 heteroatoms. The number of rotatable bonds is 6. The molecular weight excluding hydrogens is 372 g/mol. The van der Waals surface area contributed by atoms with Crippen LogP contribution < -0.4 is 0 Å². The topological polar surface area (TPSA) is 57.5 Å². The van der Waals surface area contributed by atoms with Crippen molar-refractivity contribution < 1.29 is 15.0 Å². The van der Waals surface area contributed by atoms with Gasteiger partial charge in [-0.25, -0.2) is 0 Å². The molecule has 1 aliphatic carbocycles. The van der Waals surface area contributed by atoms with Crippen molar-refractivity contribution in [2.24, 2.45) is 11.8 Å². The fraction of sp³-hybridized carbons (Fsp3) is 0.222.